The van der Waals surface area contributed by atoms with E-state index in [9.17, 15) is 19.7 Å². The molecule has 1 unspecified atom stereocenters. The summed E-state index contributed by atoms with van der Waals surface area (Å²) in [7, 11) is 0. The highest BCUT2D eigenvalue weighted by Gasteiger charge is 2.23. The van der Waals surface area contributed by atoms with Crippen molar-refractivity contribution in [3.05, 3.63) is 69.2 Å². The molecule has 2 aromatic carbocycles. The molecule has 9 heteroatoms. The van der Waals surface area contributed by atoms with E-state index in [0.717, 1.165) is 5.56 Å². The number of nitrogens with one attached hydrogen (secondary N) is 2. The molecule has 136 valence electrons. The maximum atomic E-state index is 12.3. The number of nitro benzene ring substituents is 1. The van der Waals surface area contributed by atoms with Gasteiger partial charge in [-0.15, -0.1) is 0 Å². The molecule has 0 radical (unpaired) electrons. The average molecular weight is 385 g/mol. The second-order valence-electron chi connectivity index (χ2n) is 5.60. The van der Waals surface area contributed by atoms with Gasteiger partial charge in [0.2, 0.25) is 5.91 Å². The van der Waals surface area contributed by atoms with Gasteiger partial charge < -0.3 is 10.6 Å². The van der Waals surface area contributed by atoms with Gasteiger partial charge >= 0.3 is 0 Å². The van der Waals surface area contributed by atoms with E-state index in [1.807, 2.05) is 0 Å². The quantitative estimate of drug-likeness (QED) is 0.479. The van der Waals surface area contributed by atoms with Gasteiger partial charge in [0.1, 0.15) is 6.04 Å². The fourth-order valence-corrected chi connectivity index (χ4v) is 2.46. The lowest BCUT2D eigenvalue weighted by Crippen LogP contribution is -2.43. The van der Waals surface area contributed by atoms with Crippen LogP contribution in [-0.2, 0) is 9.59 Å². The number of fused-ring (bicyclic) bond motifs is 1. The first-order valence-electron chi connectivity index (χ1n) is 7.80. The number of hydrogen-bond donors (Lipinski definition) is 2. The van der Waals surface area contributed by atoms with Gasteiger partial charge in [0, 0.05) is 29.4 Å². The smallest absolute Gasteiger partial charge is 0.271 e. The summed E-state index contributed by atoms with van der Waals surface area (Å²) in [6.07, 6.45) is 4.14. The van der Waals surface area contributed by atoms with Gasteiger partial charge in [0.25, 0.3) is 11.6 Å². The number of nitro groups is 1. The Morgan fingerprint density at radius 1 is 1.26 bits per heavy atom. The summed E-state index contributed by atoms with van der Waals surface area (Å²) >= 11 is 5.80. The van der Waals surface area contributed by atoms with E-state index in [1.165, 1.54) is 30.5 Å². The Morgan fingerprint density at radius 2 is 2.00 bits per heavy atom. The van der Waals surface area contributed by atoms with Crippen LogP contribution < -0.4 is 10.6 Å². The zero-order chi connectivity index (χ0) is 19.4. The van der Waals surface area contributed by atoms with E-state index in [4.69, 9.17) is 11.6 Å². The fourth-order valence-electron chi connectivity index (χ4n) is 2.33. The number of carbonyl (C=O) groups is 2. The first kappa shape index (κ1) is 18.3. The molecular weight excluding hydrogens is 372 g/mol. The summed E-state index contributed by atoms with van der Waals surface area (Å²) in [5.41, 5.74) is 1.17. The normalized spacial score (nSPS) is 15.7. The summed E-state index contributed by atoms with van der Waals surface area (Å²) in [5, 5.41) is 16.5. The van der Waals surface area contributed by atoms with Gasteiger partial charge in [0.15, 0.2) is 0 Å². The van der Waals surface area contributed by atoms with Crippen LogP contribution in [0.2, 0.25) is 5.02 Å². The summed E-state index contributed by atoms with van der Waals surface area (Å²) in [6.45, 7) is 0. The Bertz CT molecular complexity index is 970. The van der Waals surface area contributed by atoms with Crippen LogP contribution in [0.25, 0.3) is 6.08 Å². The largest absolute Gasteiger partial charge is 0.336 e. The Kier molecular flexibility index (Phi) is 5.28. The van der Waals surface area contributed by atoms with Crippen molar-refractivity contribution >= 4 is 52.8 Å². The van der Waals surface area contributed by atoms with Crippen LogP contribution >= 0.6 is 11.6 Å². The Balaban J connectivity index is 1.69. The van der Waals surface area contributed by atoms with Crippen LogP contribution in [0.3, 0.4) is 0 Å². The molecule has 1 atom stereocenters. The zero-order valence-electron chi connectivity index (χ0n) is 13.8. The van der Waals surface area contributed by atoms with Crippen LogP contribution in [-0.4, -0.2) is 29.0 Å². The number of halogens is 1. The minimum Gasteiger partial charge on any atom is -0.336 e. The lowest BCUT2D eigenvalue weighted by Gasteiger charge is -2.11. The number of benzene rings is 2. The van der Waals surface area contributed by atoms with E-state index in [0.29, 0.717) is 10.7 Å². The predicted octanol–water partition coefficient (Wildman–Crippen LogP) is 3.10. The van der Waals surface area contributed by atoms with Crippen LogP contribution in [0.5, 0.6) is 0 Å². The fraction of sp³-hybridized carbons (Fsp3) is 0.0556. The molecule has 0 saturated carbocycles. The monoisotopic (exact) mass is 384 g/mol. The molecule has 3 rings (SSSR count). The van der Waals surface area contributed by atoms with Crippen LogP contribution in [0.1, 0.15) is 5.56 Å². The van der Waals surface area contributed by atoms with Crippen molar-refractivity contribution in [2.45, 2.75) is 6.04 Å². The molecule has 0 fully saturated rings. The third-order valence-corrected chi connectivity index (χ3v) is 3.94. The number of aliphatic imine (C=N–C) groups is 1. The van der Waals surface area contributed by atoms with E-state index in [1.54, 1.807) is 30.3 Å². The summed E-state index contributed by atoms with van der Waals surface area (Å²) in [5.74, 6) is -1.04. The highest BCUT2D eigenvalue weighted by atomic mass is 35.5. The highest BCUT2D eigenvalue weighted by Crippen LogP contribution is 2.30. The number of anilines is 1. The predicted molar refractivity (Wildman–Crippen MR) is 102 cm³/mol. The Labute approximate surface area is 158 Å². The van der Waals surface area contributed by atoms with E-state index >= 15 is 0 Å². The lowest BCUT2D eigenvalue weighted by molar-refractivity contribution is -0.384. The molecule has 2 aromatic rings. The summed E-state index contributed by atoms with van der Waals surface area (Å²) in [4.78, 5) is 38.8. The Morgan fingerprint density at radius 3 is 2.70 bits per heavy atom. The molecule has 2 amide bonds. The van der Waals surface area contributed by atoms with Crippen molar-refractivity contribution in [3.8, 4) is 0 Å². The van der Waals surface area contributed by atoms with Crippen LogP contribution in [0.4, 0.5) is 17.1 Å². The molecule has 0 spiro atoms. The molecule has 0 aromatic heterocycles. The molecule has 1 heterocycles. The number of non-ortho nitro benzene ring substituents is 1. The molecular formula is C18H13ClN4O4. The van der Waals surface area contributed by atoms with Gasteiger partial charge in [0.05, 0.1) is 16.3 Å². The van der Waals surface area contributed by atoms with Gasteiger partial charge in [-0.1, -0.05) is 23.7 Å². The number of amides is 2. The van der Waals surface area contributed by atoms with Crippen molar-refractivity contribution in [1.29, 1.82) is 0 Å². The summed E-state index contributed by atoms with van der Waals surface area (Å²) in [6, 6.07) is 9.80. The third kappa shape index (κ3) is 4.56. The van der Waals surface area contributed by atoms with Gasteiger partial charge in [-0.05, 0) is 29.8 Å². The molecule has 1 aliphatic rings. The number of hydrogen-bond acceptors (Lipinski definition) is 5. The topological polar surface area (TPSA) is 114 Å². The first-order chi connectivity index (χ1) is 12.9. The molecule has 0 aliphatic carbocycles. The van der Waals surface area contributed by atoms with Crippen LogP contribution in [0, 0.1) is 10.1 Å². The van der Waals surface area contributed by atoms with Crippen molar-refractivity contribution in [1.82, 2.24) is 5.32 Å². The highest BCUT2D eigenvalue weighted by molar-refractivity contribution is 6.30. The molecule has 27 heavy (non-hydrogen) atoms. The minimum atomic E-state index is -1.01. The maximum absolute atomic E-state index is 12.3. The van der Waals surface area contributed by atoms with Crippen LogP contribution in [0.15, 0.2) is 53.5 Å². The second kappa shape index (κ2) is 7.79. The Hall–Kier alpha value is -3.52. The standard InChI is InChI=1S/C18H13ClN4O4/c19-12-4-1-11(2-5-12)3-8-17(24)21-16-10-20-14-7-6-13(23(26)27)9-15(14)22-18(16)25/h1-10,16H,(H,21,24)(H,22,25)/b8-3+. The van der Waals surface area contributed by atoms with E-state index < -0.39 is 22.8 Å². The minimum absolute atomic E-state index is 0.169. The first-order valence-corrected chi connectivity index (χ1v) is 8.18. The SMILES string of the molecule is O=C(/C=C/c1ccc(Cl)cc1)NC1C=Nc2ccc([N+](=O)[O-])cc2NC1=O. The van der Waals surface area contributed by atoms with Crippen molar-refractivity contribution in [3.63, 3.8) is 0 Å². The average Bonchev–Trinajstić information content (AvgIpc) is 2.79. The van der Waals surface area contributed by atoms with Crippen molar-refractivity contribution in [2.24, 2.45) is 4.99 Å². The number of carbonyl (C=O) groups excluding carboxylic acids is 2. The molecule has 2 N–H and O–H groups in total. The number of rotatable bonds is 4. The van der Waals surface area contributed by atoms with E-state index in [-0.39, 0.29) is 11.4 Å². The van der Waals surface area contributed by atoms with Crippen molar-refractivity contribution in [2.75, 3.05) is 5.32 Å². The van der Waals surface area contributed by atoms with Crippen molar-refractivity contribution < 1.29 is 14.5 Å². The maximum Gasteiger partial charge on any atom is 0.271 e. The van der Waals surface area contributed by atoms with E-state index in [2.05, 4.69) is 15.6 Å². The molecule has 0 bridgehead atoms. The molecule has 1 aliphatic heterocycles. The van der Waals surface area contributed by atoms with Gasteiger partial charge in [-0.3, -0.25) is 24.7 Å². The zero-order valence-corrected chi connectivity index (χ0v) is 14.5. The number of nitrogens with zero attached hydrogens (tertiary/aromatic N) is 2. The molecule has 8 nitrogen and oxygen atoms in total. The van der Waals surface area contributed by atoms with Gasteiger partial charge in [-0.25, -0.2) is 0 Å². The third-order valence-electron chi connectivity index (χ3n) is 3.69. The summed E-state index contributed by atoms with van der Waals surface area (Å²) < 4.78 is 0. The lowest BCUT2D eigenvalue weighted by atomic mass is 10.2. The molecule has 0 saturated heterocycles. The second-order valence-corrected chi connectivity index (χ2v) is 6.03. The van der Waals surface area contributed by atoms with Gasteiger partial charge in [-0.2, -0.15) is 0 Å².